The molecule has 2 heterocycles. The average molecular weight is 396 g/mol. The van der Waals surface area contributed by atoms with E-state index in [1.54, 1.807) is 55.7 Å². The maximum absolute atomic E-state index is 12.6. The average Bonchev–Trinajstić information content (AvgIpc) is 3.32. The van der Waals surface area contributed by atoms with E-state index in [0.717, 1.165) is 0 Å². The number of carbonyl (C=O) groups is 2. The van der Waals surface area contributed by atoms with Gasteiger partial charge in [0, 0.05) is 17.8 Å². The largest absolute Gasteiger partial charge is 0.461 e. The highest BCUT2D eigenvalue weighted by Gasteiger charge is 2.21. The number of ketones is 1. The predicted molar refractivity (Wildman–Crippen MR) is 108 cm³/mol. The Morgan fingerprint density at radius 2 is 2.14 bits per heavy atom. The fraction of sp³-hybridized carbons (Fsp3) is 0.200. The Morgan fingerprint density at radius 1 is 1.32 bits per heavy atom. The van der Waals surface area contributed by atoms with Crippen molar-refractivity contribution < 1.29 is 14.0 Å². The summed E-state index contributed by atoms with van der Waals surface area (Å²) in [5, 5.41) is 11.4. The molecule has 1 amide bonds. The first kappa shape index (κ1) is 19.6. The van der Waals surface area contributed by atoms with Crippen LogP contribution in [0.2, 0.25) is 0 Å². The number of hydrogen-bond donors (Lipinski definition) is 1. The second kappa shape index (κ2) is 8.71. The molecule has 0 saturated heterocycles. The van der Waals surface area contributed by atoms with Crippen LogP contribution < -0.4 is 5.32 Å². The molecule has 1 unspecified atom stereocenters. The number of nitrogens with one attached hydrogen (secondary N) is 1. The molecule has 144 valence electrons. The van der Waals surface area contributed by atoms with Crippen LogP contribution >= 0.6 is 11.8 Å². The highest BCUT2D eigenvalue weighted by Crippen LogP contribution is 2.27. The number of thioether (sulfide) groups is 1. The summed E-state index contributed by atoms with van der Waals surface area (Å²) in [5.41, 5.74) is 1.13. The molecular weight excluding hydrogens is 376 g/mol. The van der Waals surface area contributed by atoms with Gasteiger partial charge in [0.1, 0.15) is 0 Å². The summed E-state index contributed by atoms with van der Waals surface area (Å²) in [6.07, 6.45) is 3.30. The molecule has 0 saturated carbocycles. The molecule has 0 aliphatic rings. The quantitative estimate of drug-likeness (QED) is 0.351. The summed E-state index contributed by atoms with van der Waals surface area (Å²) in [6, 6.07) is 10.4. The van der Waals surface area contributed by atoms with Crippen molar-refractivity contribution in [2.24, 2.45) is 0 Å². The zero-order valence-corrected chi connectivity index (χ0v) is 16.4. The number of furan rings is 1. The Morgan fingerprint density at radius 3 is 2.82 bits per heavy atom. The molecule has 0 bridgehead atoms. The fourth-order valence-electron chi connectivity index (χ4n) is 2.53. The van der Waals surface area contributed by atoms with Crippen LogP contribution in [0.4, 0.5) is 5.69 Å². The molecular formula is C20H20N4O3S. The lowest BCUT2D eigenvalue weighted by Gasteiger charge is -2.13. The van der Waals surface area contributed by atoms with Crippen molar-refractivity contribution in [1.82, 2.24) is 14.8 Å². The highest BCUT2D eigenvalue weighted by molar-refractivity contribution is 8.00. The second-order valence-electron chi connectivity index (χ2n) is 6.07. The zero-order valence-electron chi connectivity index (χ0n) is 15.6. The van der Waals surface area contributed by atoms with Crippen molar-refractivity contribution >= 4 is 29.1 Å². The Hall–Kier alpha value is -3.13. The van der Waals surface area contributed by atoms with Gasteiger partial charge in [0.2, 0.25) is 11.7 Å². The lowest BCUT2D eigenvalue weighted by Crippen LogP contribution is -2.23. The van der Waals surface area contributed by atoms with Crippen LogP contribution in [0.25, 0.3) is 11.6 Å². The van der Waals surface area contributed by atoms with E-state index in [1.807, 2.05) is 4.57 Å². The fourth-order valence-corrected chi connectivity index (χ4v) is 3.39. The van der Waals surface area contributed by atoms with Crippen molar-refractivity contribution in [1.29, 1.82) is 0 Å². The van der Waals surface area contributed by atoms with Gasteiger partial charge in [-0.2, -0.15) is 0 Å². The lowest BCUT2D eigenvalue weighted by atomic mass is 10.1. The number of aromatic nitrogens is 3. The number of rotatable bonds is 8. The van der Waals surface area contributed by atoms with Crippen molar-refractivity contribution in [3.8, 4) is 11.6 Å². The Balaban J connectivity index is 1.74. The molecule has 28 heavy (non-hydrogen) atoms. The van der Waals surface area contributed by atoms with Crippen molar-refractivity contribution in [3.05, 3.63) is 60.9 Å². The molecule has 0 radical (unpaired) electrons. The Labute approximate surface area is 166 Å². The van der Waals surface area contributed by atoms with Gasteiger partial charge in [-0.1, -0.05) is 30.0 Å². The SMILES string of the molecule is C=CCn1c(SC(C)C(=O)Nc2cccc(C(C)=O)c2)nnc1-c1ccco1. The second-order valence-corrected chi connectivity index (χ2v) is 7.38. The molecule has 0 aliphatic heterocycles. The molecule has 0 aliphatic carbocycles. The molecule has 1 N–H and O–H groups in total. The summed E-state index contributed by atoms with van der Waals surface area (Å²) in [7, 11) is 0. The Kier molecular flexibility index (Phi) is 6.10. The molecule has 8 heteroatoms. The molecule has 1 atom stereocenters. The first-order chi connectivity index (χ1) is 13.5. The van der Waals surface area contributed by atoms with Gasteiger partial charge >= 0.3 is 0 Å². The number of allylic oxidation sites excluding steroid dienone is 1. The predicted octanol–water partition coefficient (Wildman–Crippen LogP) is 4.05. The highest BCUT2D eigenvalue weighted by atomic mass is 32.2. The number of carbonyl (C=O) groups excluding carboxylic acids is 2. The molecule has 7 nitrogen and oxygen atoms in total. The Bertz CT molecular complexity index is 995. The molecule has 3 rings (SSSR count). The standard InChI is InChI=1S/C20H20N4O3S/c1-4-10-24-18(17-9-6-11-27-17)22-23-20(24)28-14(3)19(26)21-16-8-5-7-15(12-16)13(2)25/h4-9,11-12,14H,1,10H2,2-3H3,(H,21,26). The lowest BCUT2D eigenvalue weighted by molar-refractivity contribution is -0.115. The summed E-state index contributed by atoms with van der Waals surface area (Å²) in [6.45, 7) is 7.53. The minimum Gasteiger partial charge on any atom is -0.461 e. The first-order valence-electron chi connectivity index (χ1n) is 8.66. The number of hydrogen-bond acceptors (Lipinski definition) is 6. The van der Waals surface area contributed by atoms with Crippen LogP contribution in [-0.4, -0.2) is 31.7 Å². The van der Waals surface area contributed by atoms with Crippen LogP contribution in [0.15, 0.2) is 64.9 Å². The van der Waals surface area contributed by atoms with Crippen LogP contribution in [0, 0.1) is 0 Å². The van der Waals surface area contributed by atoms with Crippen molar-refractivity contribution in [2.75, 3.05) is 5.32 Å². The van der Waals surface area contributed by atoms with E-state index < -0.39 is 5.25 Å². The third kappa shape index (κ3) is 4.40. The van der Waals surface area contributed by atoms with E-state index in [4.69, 9.17) is 4.42 Å². The van der Waals surface area contributed by atoms with Crippen LogP contribution in [0.5, 0.6) is 0 Å². The van der Waals surface area contributed by atoms with Crippen LogP contribution in [0.1, 0.15) is 24.2 Å². The van der Waals surface area contributed by atoms with Crippen LogP contribution in [0.3, 0.4) is 0 Å². The number of anilines is 1. The monoisotopic (exact) mass is 396 g/mol. The normalized spacial score (nSPS) is 11.8. The third-order valence-electron chi connectivity index (χ3n) is 3.96. The first-order valence-corrected chi connectivity index (χ1v) is 9.54. The topological polar surface area (TPSA) is 90.0 Å². The van der Waals surface area contributed by atoms with E-state index in [1.165, 1.54) is 18.7 Å². The third-order valence-corrected chi connectivity index (χ3v) is 5.04. The maximum atomic E-state index is 12.6. The zero-order chi connectivity index (χ0) is 20.1. The smallest absolute Gasteiger partial charge is 0.237 e. The van der Waals surface area contributed by atoms with Crippen molar-refractivity contribution in [3.63, 3.8) is 0 Å². The minimum absolute atomic E-state index is 0.0542. The summed E-state index contributed by atoms with van der Waals surface area (Å²) in [5.74, 6) is 0.924. The molecule has 2 aromatic heterocycles. The summed E-state index contributed by atoms with van der Waals surface area (Å²) < 4.78 is 7.25. The number of amides is 1. The number of nitrogens with zero attached hydrogens (tertiary/aromatic N) is 3. The van der Waals surface area contributed by atoms with Crippen molar-refractivity contribution in [2.45, 2.75) is 30.8 Å². The number of Topliss-reactive ketones (excluding diaryl/α,β-unsaturated/α-hetero) is 1. The minimum atomic E-state index is -0.432. The van der Waals surface area contributed by atoms with E-state index in [2.05, 4.69) is 22.1 Å². The van der Waals surface area contributed by atoms with Gasteiger partial charge in [0.05, 0.1) is 11.5 Å². The van der Waals surface area contributed by atoms with Crippen LogP contribution in [-0.2, 0) is 11.3 Å². The van der Waals surface area contributed by atoms with Gasteiger partial charge in [-0.15, -0.1) is 16.8 Å². The van der Waals surface area contributed by atoms with E-state index in [0.29, 0.717) is 34.5 Å². The molecule has 0 fully saturated rings. The van der Waals surface area contributed by atoms with Gasteiger partial charge in [-0.05, 0) is 38.1 Å². The van der Waals surface area contributed by atoms with Gasteiger partial charge < -0.3 is 9.73 Å². The summed E-state index contributed by atoms with van der Waals surface area (Å²) >= 11 is 1.29. The maximum Gasteiger partial charge on any atom is 0.237 e. The molecule has 0 spiro atoms. The van der Waals surface area contributed by atoms with E-state index in [-0.39, 0.29) is 11.7 Å². The van der Waals surface area contributed by atoms with Gasteiger partial charge in [-0.3, -0.25) is 14.2 Å². The van der Waals surface area contributed by atoms with E-state index >= 15 is 0 Å². The van der Waals surface area contributed by atoms with Gasteiger partial charge in [0.15, 0.2) is 16.7 Å². The van der Waals surface area contributed by atoms with E-state index in [9.17, 15) is 9.59 Å². The number of benzene rings is 1. The van der Waals surface area contributed by atoms with Gasteiger partial charge in [-0.25, -0.2) is 0 Å². The molecule has 1 aromatic carbocycles. The molecule has 3 aromatic rings. The summed E-state index contributed by atoms with van der Waals surface area (Å²) in [4.78, 5) is 24.1. The van der Waals surface area contributed by atoms with Gasteiger partial charge in [0.25, 0.3) is 0 Å².